The Labute approximate surface area is 149 Å². The molecule has 0 aliphatic carbocycles. The number of methoxy groups -OCH3 is 1. The van der Waals surface area contributed by atoms with Gasteiger partial charge in [0.1, 0.15) is 17.8 Å². The summed E-state index contributed by atoms with van der Waals surface area (Å²) in [4.78, 5) is 4.27. The second kappa shape index (κ2) is 6.68. The van der Waals surface area contributed by atoms with Crippen LogP contribution in [-0.4, -0.2) is 23.0 Å². The minimum atomic E-state index is 0.214. The molecule has 0 aliphatic heterocycles. The van der Waals surface area contributed by atoms with Gasteiger partial charge in [-0.3, -0.25) is 5.41 Å². The number of rotatable bonds is 4. The molecule has 2 aromatic heterocycles. The van der Waals surface area contributed by atoms with Gasteiger partial charge in [0.2, 0.25) is 5.71 Å². The zero-order valence-corrected chi connectivity index (χ0v) is 14.1. The lowest BCUT2D eigenvalue weighted by molar-refractivity contribution is 0.415. The number of ether oxygens (including phenoxy) is 1. The van der Waals surface area contributed by atoms with Crippen molar-refractivity contribution in [1.82, 2.24) is 9.66 Å². The lowest BCUT2D eigenvalue weighted by Crippen LogP contribution is -2.16. The third-order valence-corrected chi connectivity index (χ3v) is 3.99. The van der Waals surface area contributed by atoms with E-state index in [1.165, 1.54) is 11.0 Å². The van der Waals surface area contributed by atoms with E-state index in [0.717, 1.165) is 16.9 Å². The summed E-state index contributed by atoms with van der Waals surface area (Å²) in [6.07, 6.45) is 3.14. The first-order chi connectivity index (χ1) is 12.7. The fraction of sp³-hybridized carbons (Fsp3) is 0.0500. The lowest BCUT2D eigenvalue weighted by Gasteiger charge is -2.00. The Morgan fingerprint density at radius 3 is 2.62 bits per heavy atom. The van der Waals surface area contributed by atoms with Crippen LogP contribution in [0.4, 0.5) is 0 Å². The Kier molecular flexibility index (Phi) is 4.07. The van der Waals surface area contributed by atoms with Gasteiger partial charge >= 0.3 is 0 Å². The highest BCUT2D eigenvalue weighted by Gasteiger charge is 2.09. The zero-order chi connectivity index (χ0) is 17.9. The molecule has 0 radical (unpaired) electrons. The number of benzene rings is 2. The molecule has 1 N–H and O–H groups in total. The van der Waals surface area contributed by atoms with E-state index in [9.17, 15) is 0 Å². The molecule has 0 fully saturated rings. The molecule has 26 heavy (non-hydrogen) atoms. The van der Waals surface area contributed by atoms with Gasteiger partial charge in [0.05, 0.1) is 18.7 Å². The molecule has 0 bridgehead atoms. The maximum absolute atomic E-state index is 8.37. The van der Waals surface area contributed by atoms with Crippen molar-refractivity contribution in [3.63, 3.8) is 0 Å². The van der Waals surface area contributed by atoms with Gasteiger partial charge in [0.15, 0.2) is 5.49 Å². The van der Waals surface area contributed by atoms with Crippen molar-refractivity contribution in [3.05, 3.63) is 78.0 Å². The molecule has 128 valence electrons. The standard InChI is InChI=1S/C20H16N4O2/c1-25-16-9-7-14(8-10-16)12-23-24-13-22-20-17(19(24)21)11-18(26-20)15-5-3-2-4-6-15/h2-13,21H,1H3/b21-19?,23-12+. The predicted molar refractivity (Wildman–Crippen MR) is 99.3 cm³/mol. The van der Waals surface area contributed by atoms with Crippen LogP contribution in [0.2, 0.25) is 0 Å². The van der Waals surface area contributed by atoms with Crippen LogP contribution in [0.1, 0.15) is 5.56 Å². The number of fused-ring (bicyclic) bond motifs is 1. The van der Waals surface area contributed by atoms with Crippen LogP contribution in [0.25, 0.3) is 22.4 Å². The molecule has 0 aliphatic rings. The highest BCUT2D eigenvalue weighted by Crippen LogP contribution is 2.24. The Balaban J connectivity index is 1.69. The average molecular weight is 344 g/mol. The van der Waals surface area contributed by atoms with Crippen molar-refractivity contribution in [2.24, 2.45) is 5.10 Å². The third-order valence-electron chi connectivity index (χ3n) is 3.99. The number of hydrogen-bond donors (Lipinski definition) is 1. The Bertz CT molecular complexity index is 1130. The fourth-order valence-electron chi connectivity index (χ4n) is 2.59. The van der Waals surface area contributed by atoms with Gasteiger partial charge < -0.3 is 9.15 Å². The summed E-state index contributed by atoms with van der Waals surface area (Å²) < 4.78 is 12.3. The second-order valence-corrected chi connectivity index (χ2v) is 5.65. The van der Waals surface area contributed by atoms with Gasteiger partial charge in [0, 0.05) is 5.56 Å². The van der Waals surface area contributed by atoms with Crippen LogP contribution >= 0.6 is 0 Å². The minimum Gasteiger partial charge on any atom is -0.497 e. The highest BCUT2D eigenvalue weighted by molar-refractivity contribution is 5.80. The van der Waals surface area contributed by atoms with Crippen molar-refractivity contribution in [3.8, 4) is 17.1 Å². The van der Waals surface area contributed by atoms with Crippen LogP contribution in [0.3, 0.4) is 0 Å². The zero-order valence-electron chi connectivity index (χ0n) is 14.1. The molecule has 4 aromatic rings. The summed E-state index contributed by atoms with van der Waals surface area (Å²) in [7, 11) is 1.63. The van der Waals surface area contributed by atoms with Crippen LogP contribution in [0.15, 0.2) is 76.5 Å². The van der Waals surface area contributed by atoms with Gasteiger partial charge in [-0.05, 0) is 35.9 Å². The van der Waals surface area contributed by atoms with Crippen molar-refractivity contribution in [2.45, 2.75) is 0 Å². The summed E-state index contributed by atoms with van der Waals surface area (Å²) in [6, 6.07) is 19.1. The van der Waals surface area contributed by atoms with Gasteiger partial charge in [-0.15, -0.1) is 0 Å². The van der Waals surface area contributed by atoms with Gasteiger partial charge in [-0.1, -0.05) is 30.3 Å². The topological polar surface area (TPSA) is 76.4 Å². The maximum Gasteiger partial charge on any atom is 0.231 e. The summed E-state index contributed by atoms with van der Waals surface area (Å²) in [6.45, 7) is 0. The molecule has 0 unspecified atom stereocenters. The minimum absolute atomic E-state index is 0.214. The molecule has 0 amide bonds. The lowest BCUT2D eigenvalue weighted by atomic mass is 10.2. The molecule has 0 saturated carbocycles. The summed E-state index contributed by atoms with van der Waals surface area (Å²) in [5, 5.41) is 13.3. The normalized spacial score (nSPS) is 11.3. The first-order valence-electron chi connectivity index (χ1n) is 8.04. The van der Waals surface area contributed by atoms with E-state index >= 15 is 0 Å². The van der Waals surface area contributed by atoms with E-state index in [4.69, 9.17) is 14.6 Å². The fourth-order valence-corrected chi connectivity index (χ4v) is 2.59. The second-order valence-electron chi connectivity index (χ2n) is 5.65. The monoisotopic (exact) mass is 344 g/mol. The van der Waals surface area contributed by atoms with E-state index in [0.29, 0.717) is 16.9 Å². The summed E-state index contributed by atoms with van der Waals surface area (Å²) >= 11 is 0. The number of nitrogens with one attached hydrogen (secondary N) is 1. The van der Waals surface area contributed by atoms with Crippen LogP contribution in [0, 0.1) is 5.41 Å². The summed E-state index contributed by atoms with van der Waals surface area (Å²) in [5.41, 5.74) is 2.48. The molecule has 6 nitrogen and oxygen atoms in total. The first kappa shape index (κ1) is 15.8. The molecule has 0 spiro atoms. The Hall–Kier alpha value is -3.67. The Morgan fingerprint density at radius 1 is 1.12 bits per heavy atom. The SMILES string of the molecule is COc1ccc(/C=N/n2cnc3oc(-c4ccccc4)cc3c2=N)cc1. The first-order valence-corrected chi connectivity index (χ1v) is 8.04. The highest BCUT2D eigenvalue weighted by atomic mass is 16.5. The molecule has 0 saturated heterocycles. The van der Waals surface area contributed by atoms with Gasteiger partial charge in [-0.25, -0.2) is 9.66 Å². The van der Waals surface area contributed by atoms with E-state index < -0.39 is 0 Å². The number of nitrogens with zero attached hydrogens (tertiary/aromatic N) is 3. The van der Waals surface area contributed by atoms with Crippen LogP contribution in [0.5, 0.6) is 5.75 Å². The van der Waals surface area contributed by atoms with Crippen molar-refractivity contribution < 1.29 is 9.15 Å². The molecule has 4 rings (SSSR count). The molecule has 2 heterocycles. The largest absolute Gasteiger partial charge is 0.497 e. The van der Waals surface area contributed by atoms with E-state index in [2.05, 4.69) is 10.1 Å². The molecule has 0 atom stereocenters. The average Bonchev–Trinajstić information content (AvgIpc) is 3.14. The van der Waals surface area contributed by atoms with E-state index in [-0.39, 0.29) is 5.49 Å². The van der Waals surface area contributed by atoms with Gasteiger partial charge in [-0.2, -0.15) is 5.10 Å². The van der Waals surface area contributed by atoms with Crippen molar-refractivity contribution in [2.75, 3.05) is 7.11 Å². The number of furan rings is 1. The third kappa shape index (κ3) is 3.00. The molecule has 6 heteroatoms. The van der Waals surface area contributed by atoms with Crippen molar-refractivity contribution >= 4 is 17.3 Å². The molecular formula is C20H16N4O2. The van der Waals surface area contributed by atoms with Gasteiger partial charge in [0.25, 0.3) is 0 Å². The number of aromatic nitrogens is 2. The van der Waals surface area contributed by atoms with Crippen molar-refractivity contribution in [1.29, 1.82) is 5.41 Å². The number of hydrogen-bond acceptors (Lipinski definition) is 5. The van der Waals surface area contributed by atoms with E-state index in [1.54, 1.807) is 13.3 Å². The Morgan fingerprint density at radius 2 is 1.88 bits per heavy atom. The van der Waals surface area contributed by atoms with E-state index in [1.807, 2.05) is 60.7 Å². The van der Waals surface area contributed by atoms with Crippen LogP contribution < -0.4 is 10.2 Å². The van der Waals surface area contributed by atoms with Crippen LogP contribution in [-0.2, 0) is 0 Å². The quantitative estimate of drug-likeness (QED) is 0.574. The maximum atomic E-state index is 8.37. The predicted octanol–water partition coefficient (Wildman–Crippen LogP) is 3.67. The smallest absolute Gasteiger partial charge is 0.231 e. The molecule has 2 aromatic carbocycles. The molecular weight excluding hydrogens is 328 g/mol. The summed E-state index contributed by atoms with van der Waals surface area (Å²) in [5.74, 6) is 1.46.